The third-order valence-electron chi connectivity index (χ3n) is 4.51. The smallest absolute Gasteiger partial charge is 0.287 e. The van der Waals surface area contributed by atoms with E-state index in [-0.39, 0.29) is 27.7 Å². The quantitative estimate of drug-likeness (QED) is 0.898. The number of nitrogens with one attached hydrogen (secondary N) is 1. The molecule has 0 atom stereocenters. The highest BCUT2D eigenvalue weighted by Gasteiger charge is 2.17. The Morgan fingerprint density at radius 1 is 1.17 bits per heavy atom. The Bertz CT molecular complexity index is 835. The van der Waals surface area contributed by atoms with E-state index in [1.807, 2.05) is 0 Å². The van der Waals surface area contributed by atoms with Crippen LogP contribution in [0.2, 0.25) is 0 Å². The summed E-state index contributed by atoms with van der Waals surface area (Å²) in [6.07, 6.45) is 5.91. The molecule has 1 heterocycles. The fourth-order valence-corrected chi connectivity index (χ4v) is 3.14. The van der Waals surface area contributed by atoms with Crippen LogP contribution in [0.15, 0.2) is 33.5 Å². The molecule has 0 spiro atoms. The number of primary amides is 1. The van der Waals surface area contributed by atoms with E-state index < -0.39 is 11.8 Å². The third-order valence-corrected chi connectivity index (χ3v) is 4.51. The summed E-state index contributed by atoms with van der Waals surface area (Å²) in [6.45, 7) is 0.598. The van der Waals surface area contributed by atoms with Crippen LogP contribution in [0.1, 0.15) is 53.0 Å². The molecule has 6 heteroatoms. The van der Waals surface area contributed by atoms with E-state index in [1.165, 1.54) is 37.5 Å². The highest BCUT2D eigenvalue weighted by molar-refractivity contribution is 5.97. The highest BCUT2D eigenvalue weighted by Crippen LogP contribution is 2.23. The maximum Gasteiger partial charge on any atom is 0.287 e. The summed E-state index contributed by atoms with van der Waals surface area (Å²) in [5.74, 6) is -0.535. The number of carbonyl (C=O) groups is 2. The maximum atomic E-state index is 12.2. The van der Waals surface area contributed by atoms with E-state index in [2.05, 4.69) is 5.32 Å². The summed E-state index contributed by atoms with van der Waals surface area (Å²) >= 11 is 0. The van der Waals surface area contributed by atoms with E-state index in [0.29, 0.717) is 12.5 Å². The molecule has 6 nitrogen and oxygen atoms in total. The van der Waals surface area contributed by atoms with Crippen LogP contribution < -0.4 is 16.5 Å². The summed E-state index contributed by atoms with van der Waals surface area (Å²) < 4.78 is 5.51. The second-order valence-electron chi connectivity index (χ2n) is 6.26. The molecule has 0 unspecified atom stereocenters. The number of fused-ring (bicyclic) bond motifs is 1. The molecule has 1 saturated carbocycles. The zero-order valence-electron chi connectivity index (χ0n) is 13.3. The lowest BCUT2D eigenvalue weighted by Crippen LogP contribution is -2.30. The predicted molar refractivity (Wildman–Crippen MR) is 89.9 cm³/mol. The first-order chi connectivity index (χ1) is 11.5. The van der Waals surface area contributed by atoms with E-state index in [1.54, 1.807) is 0 Å². The van der Waals surface area contributed by atoms with Crippen molar-refractivity contribution in [2.24, 2.45) is 11.7 Å². The van der Waals surface area contributed by atoms with Crippen molar-refractivity contribution >= 4 is 22.8 Å². The molecule has 1 aromatic carbocycles. The van der Waals surface area contributed by atoms with Crippen LogP contribution in [0.4, 0.5) is 0 Å². The lowest BCUT2D eigenvalue weighted by molar-refractivity contribution is 0.0915. The number of hydrogen-bond acceptors (Lipinski definition) is 4. The van der Waals surface area contributed by atoms with Gasteiger partial charge in [0.1, 0.15) is 5.58 Å². The van der Waals surface area contributed by atoms with Gasteiger partial charge in [-0.25, -0.2) is 0 Å². The lowest BCUT2D eigenvalue weighted by atomic mass is 9.89. The van der Waals surface area contributed by atoms with Crippen LogP contribution in [0.25, 0.3) is 11.0 Å². The molecule has 3 N–H and O–H groups in total. The number of nitrogens with two attached hydrogens (primary N) is 1. The molecular weight excluding hydrogens is 308 g/mol. The van der Waals surface area contributed by atoms with Crippen LogP contribution in [0, 0.1) is 5.92 Å². The minimum atomic E-state index is -0.620. The van der Waals surface area contributed by atoms with Crippen LogP contribution in [-0.2, 0) is 0 Å². The van der Waals surface area contributed by atoms with Gasteiger partial charge < -0.3 is 15.5 Å². The topological polar surface area (TPSA) is 102 Å². The van der Waals surface area contributed by atoms with Crippen molar-refractivity contribution in [2.45, 2.75) is 32.1 Å². The summed E-state index contributed by atoms with van der Waals surface area (Å²) in [5, 5.41) is 3.08. The number of amides is 2. The summed E-state index contributed by atoms with van der Waals surface area (Å²) in [6, 6.07) is 5.49. The van der Waals surface area contributed by atoms with Crippen molar-refractivity contribution in [1.82, 2.24) is 5.32 Å². The van der Waals surface area contributed by atoms with Crippen molar-refractivity contribution in [3.63, 3.8) is 0 Å². The summed E-state index contributed by atoms with van der Waals surface area (Å²) in [7, 11) is 0. The first-order valence-electron chi connectivity index (χ1n) is 8.20. The van der Waals surface area contributed by atoms with E-state index >= 15 is 0 Å². The second-order valence-corrected chi connectivity index (χ2v) is 6.26. The molecular formula is C18H20N2O4. The fourth-order valence-electron chi connectivity index (χ4n) is 3.14. The molecule has 1 aliphatic carbocycles. The van der Waals surface area contributed by atoms with Gasteiger partial charge in [0.25, 0.3) is 5.91 Å². The maximum absolute atomic E-state index is 12.2. The number of rotatable bonds is 4. The summed E-state index contributed by atoms with van der Waals surface area (Å²) in [5.41, 5.74) is 5.32. The van der Waals surface area contributed by atoms with Gasteiger partial charge in [-0.15, -0.1) is 0 Å². The first-order valence-corrected chi connectivity index (χ1v) is 8.20. The van der Waals surface area contributed by atoms with Crippen molar-refractivity contribution in [3.05, 3.63) is 45.8 Å². The molecule has 1 fully saturated rings. The average Bonchev–Trinajstić information content (AvgIpc) is 2.60. The van der Waals surface area contributed by atoms with E-state index in [9.17, 15) is 14.4 Å². The van der Waals surface area contributed by atoms with Gasteiger partial charge in [0.15, 0.2) is 11.2 Å². The van der Waals surface area contributed by atoms with Crippen molar-refractivity contribution in [3.8, 4) is 0 Å². The molecule has 126 valence electrons. The Morgan fingerprint density at radius 2 is 1.92 bits per heavy atom. The molecule has 0 bridgehead atoms. The first kappa shape index (κ1) is 16.2. The van der Waals surface area contributed by atoms with Crippen molar-refractivity contribution < 1.29 is 14.0 Å². The highest BCUT2D eigenvalue weighted by atomic mass is 16.3. The Kier molecular flexibility index (Phi) is 4.64. The molecule has 24 heavy (non-hydrogen) atoms. The minimum Gasteiger partial charge on any atom is -0.451 e. The molecule has 2 aromatic rings. The number of benzene rings is 1. The Hall–Kier alpha value is -2.63. The normalized spacial score (nSPS) is 15.3. The standard InChI is InChI=1S/C18H20N2O4/c19-17(22)12-6-7-15-13(8-12)14(21)9-16(24-15)18(23)20-10-11-4-2-1-3-5-11/h6-9,11H,1-5,10H2,(H2,19,22)(H,20,23). The van der Waals surface area contributed by atoms with Crippen LogP contribution in [0.5, 0.6) is 0 Å². The van der Waals surface area contributed by atoms with Gasteiger partial charge in [-0.2, -0.15) is 0 Å². The monoisotopic (exact) mass is 328 g/mol. The zero-order chi connectivity index (χ0) is 17.1. The lowest BCUT2D eigenvalue weighted by Gasteiger charge is -2.21. The largest absolute Gasteiger partial charge is 0.451 e. The molecule has 1 aromatic heterocycles. The van der Waals surface area contributed by atoms with Gasteiger partial charge in [-0.05, 0) is 37.0 Å². The molecule has 3 rings (SSSR count). The van der Waals surface area contributed by atoms with E-state index in [4.69, 9.17) is 10.2 Å². The van der Waals surface area contributed by atoms with Crippen molar-refractivity contribution in [2.75, 3.05) is 6.54 Å². The van der Waals surface area contributed by atoms with Crippen LogP contribution >= 0.6 is 0 Å². The van der Waals surface area contributed by atoms with Gasteiger partial charge in [0, 0.05) is 18.2 Å². The van der Waals surface area contributed by atoms with Gasteiger partial charge in [-0.3, -0.25) is 14.4 Å². The number of carbonyl (C=O) groups excluding carboxylic acids is 2. The Labute approximate surface area is 139 Å². The van der Waals surface area contributed by atoms with Crippen molar-refractivity contribution in [1.29, 1.82) is 0 Å². The Morgan fingerprint density at radius 3 is 2.62 bits per heavy atom. The molecule has 2 amide bonds. The SMILES string of the molecule is NC(=O)c1ccc2oc(C(=O)NCC3CCCCC3)cc(=O)c2c1. The van der Waals surface area contributed by atoms with Crippen LogP contribution in [0.3, 0.4) is 0 Å². The second kappa shape index (κ2) is 6.86. The summed E-state index contributed by atoms with van der Waals surface area (Å²) in [4.78, 5) is 35.6. The molecule has 0 radical (unpaired) electrons. The molecule has 0 saturated heterocycles. The number of hydrogen-bond donors (Lipinski definition) is 2. The molecule has 1 aliphatic rings. The molecule has 0 aliphatic heterocycles. The minimum absolute atomic E-state index is 0.0184. The third kappa shape index (κ3) is 3.48. The van der Waals surface area contributed by atoms with Crippen LogP contribution in [-0.4, -0.2) is 18.4 Å². The average molecular weight is 328 g/mol. The van der Waals surface area contributed by atoms with Gasteiger partial charge in [0.05, 0.1) is 5.39 Å². The van der Waals surface area contributed by atoms with E-state index in [0.717, 1.165) is 18.9 Å². The fraction of sp³-hybridized carbons (Fsp3) is 0.389. The Balaban J connectivity index is 1.79. The van der Waals surface area contributed by atoms with Gasteiger partial charge in [0.2, 0.25) is 5.91 Å². The zero-order valence-corrected chi connectivity index (χ0v) is 13.3. The predicted octanol–water partition coefficient (Wildman–Crippen LogP) is 2.20. The van der Waals surface area contributed by atoms with Gasteiger partial charge >= 0.3 is 0 Å². The van der Waals surface area contributed by atoms with Gasteiger partial charge in [-0.1, -0.05) is 19.3 Å².